The second-order valence-electron chi connectivity index (χ2n) is 4.92. The van der Waals surface area contributed by atoms with Gasteiger partial charge in [0, 0.05) is 12.5 Å². The molecule has 0 aliphatic heterocycles. The van der Waals surface area contributed by atoms with Crippen LogP contribution in [0, 0.1) is 12.8 Å². The highest BCUT2D eigenvalue weighted by Gasteiger charge is 2.22. The molecule has 1 fully saturated rings. The van der Waals surface area contributed by atoms with Gasteiger partial charge in [-0.15, -0.1) is 0 Å². The molecule has 0 amide bonds. The summed E-state index contributed by atoms with van der Waals surface area (Å²) in [6.07, 6.45) is 5.91. The molecule has 0 spiro atoms. The molecular formula is C13H21N3O. The standard InChI is InChI=1S/C13H21N3O/c1-9-6-13(16-8-11(9)14)15-7-10-4-2-3-5-12(10)17/h6,8,10,12,17H,2-5,7,14H2,1H3,(H,15,16). The maximum Gasteiger partial charge on any atom is 0.126 e. The molecule has 17 heavy (non-hydrogen) atoms. The Bertz CT molecular complexity index is 381. The van der Waals surface area contributed by atoms with E-state index in [1.54, 1.807) is 6.20 Å². The number of nitrogens with one attached hydrogen (secondary N) is 1. The Morgan fingerprint density at radius 3 is 2.94 bits per heavy atom. The first-order chi connectivity index (χ1) is 8.16. The number of pyridine rings is 1. The predicted molar refractivity (Wildman–Crippen MR) is 69.8 cm³/mol. The maximum atomic E-state index is 9.87. The summed E-state index contributed by atoms with van der Waals surface area (Å²) in [5.41, 5.74) is 7.47. The predicted octanol–water partition coefficient (Wildman–Crippen LogP) is 1.94. The second kappa shape index (κ2) is 5.36. The topological polar surface area (TPSA) is 71.2 Å². The van der Waals surface area contributed by atoms with Crippen molar-refractivity contribution in [1.29, 1.82) is 0 Å². The van der Waals surface area contributed by atoms with E-state index in [1.807, 2.05) is 13.0 Å². The number of rotatable bonds is 3. The minimum absolute atomic E-state index is 0.161. The average Bonchev–Trinajstić information content (AvgIpc) is 2.32. The molecule has 4 nitrogen and oxygen atoms in total. The van der Waals surface area contributed by atoms with Crippen LogP contribution in [0.25, 0.3) is 0 Å². The van der Waals surface area contributed by atoms with E-state index in [9.17, 15) is 5.11 Å². The number of nitrogen functional groups attached to an aromatic ring is 1. The van der Waals surface area contributed by atoms with E-state index in [0.717, 1.165) is 37.2 Å². The molecule has 2 unspecified atom stereocenters. The van der Waals surface area contributed by atoms with Gasteiger partial charge in [0.1, 0.15) is 5.82 Å². The van der Waals surface area contributed by atoms with Gasteiger partial charge in [-0.3, -0.25) is 0 Å². The summed E-state index contributed by atoms with van der Waals surface area (Å²) in [7, 11) is 0. The van der Waals surface area contributed by atoms with Gasteiger partial charge in [0.25, 0.3) is 0 Å². The molecule has 0 bridgehead atoms. The van der Waals surface area contributed by atoms with Gasteiger partial charge in [-0.1, -0.05) is 12.8 Å². The normalized spacial score (nSPS) is 24.6. The van der Waals surface area contributed by atoms with Crippen molar-refractivity contribution in [3.05, 3.63) is 17.8 Å². The van der Waals surface area contributed by atoms with Crippen molar-refractivity contribution in [2.24, 2.45) is 5.92 Å². The highest BCUT2D eigenvalue weighted by Crippen LogP contribution is 2.24. The summed E-state index contributed by atoms with van der Waals surface area (Å²) in [6, 6.07) is 1.95. The minimum Gasteiger partial charge on any atom is -0.397 e. The molecule has 0 radical (unpaired) electrons. The summed E-state index contributed by atoms with van der Waals surface area (Å²) < 4.78 is 0. The number of nitrogens with zero attached hydrogens (tertiary/aromatic N) is 1. The lowest BCUT2D eigenvalue weighted by Gasteiger charge is -2.27. The van der Waals surface area contributed by atoms with Gasteiger partial charge >= 0.3 is 0 Å². The highest BCUT2D eigenvalue weighted by molar-refractivity contribution is 5.50. The smallest absolute Gasteiger partial charge is 0.126 e. The van der Waals surface area contributed by atoms with Crippen LogP contribution >= 0.6 is 0 Å². The van der Waals surface area contributed by atoms with Crippen molar-refractivity contribution >= 4 is 11.5 Å². The summed E-state index contributed by atoms with van der Waals surface area (Å²) in [4.78, 5) is 4.23. The summed E-state index contributed by atoms with van der Waals surface area (Å²) in [5, 5.41) is 13.2. The molecule has 1 aromatic heterocycles. The Kier molecular flexibility index (Phi) is 3.84. The Morgan fingerprint density at radius 2 is 2.24 bits per heavy atom. The van der Waals surface area contributed by atoms with Crippen LogP contribution in [0.2, 0.25) is 0 Å². The fraction of sp³-hybridized carbons (Fsp3) is 0.615. The fourth-order valence-electron chi connectivity index (χ4n) is 2.33. The van der Waals surface area contributed by atoms with Gasteiger partial charge in [0.2, 0.25) is 0 Å². The Balaban J connectivity index is 1.90. The lowest BCUT2D eigenvalue weighted by molar-refractivity contribution is 0.0763. The molecule has 1 saturated carbocycles. The maximum absolute atomic E-state index is 9.87. The minimum atomic E-state index is -0.161. The van der Waals surface area contributed by atoms with E-state index < -0.39 is 0 Å². The molecule has 1 aromatic rings. The first kappa shape index (κ1) is 12.2. The summed E-state index contributed by atoms with van der Waals surface area (Å²) in [5.74, 6) is 1.19. The number of aliphatic hydroxyl groups excluding tert-OH is 1. The zero-order chi connectivity index (χ0) is 12.3. The number of aliphatic hydroxyl groups is 1. The Labute approximate surface area is 102 Å². The van der Waals surface area contributed by atoms with Crippen LogP contribution in [0.4, 0.5) is 11.5 Å². The van der Waals surface area contributed by atoms with Crippen LogP contribution in [0.15, 0.2) is 12.3 Å². The van der Waals surface area contributed by atoms with E-state index in [-0.39, 0.29) is 6.10 Å². The van der Waals surface area contributed by atoms with E-state index >= 15 is 0 Å². The first-order valence-corrected chi connectivity index (χ1v) is 6.31. The van der Waals surface area contributed by atoms with Crippen molar-refractivity contribution < 1.29 is 5.11 Å². The van der Waals surface area contributed by atoms with Gasteiger partial charge < -0.3 is 16.2 Å². The van der Waals surface area contributed by atoms with Crippen LogP contribution in [0.5, 0.6) is 0 Å². The van der Waals surface area contributed by atoms with Crippen LogP contribution < -0.4 is 11.1 Å². The van der Waals surface area contributed by atoms with Crippen LogP contribution in [0.3, 0.4) is 0 Å². The van der Waals surface area contributed by atoms with Crippen molar-refractivity contribution in [2.45, 2.75) is 38.7 Å². The lowest BCUT2D eigenvalue weighted by Crippen LogP contribution is -2.30. The van der Waals surface area contributed by atoms with E-state index in [0.29, 0.717) is 11.6 Å². The summed E-state index contributed by atoms with van der Waals surface area (Å²) >= 11 is 0. The molecule has 0 saturated heterocycles. The van der Waals surface area contributed by atoms with E-state index in [2.05, 4.69) is 10.3 Å². The summed E-state index contributed by atoms with van der Waals surface area (Å²) in [6.45, 7) is 2.76. The van der Waals surface area contributed by atoms with Gasteiger partial charge in [0.05, 0.1) is 18.0 Å². The van der Waals surface area contributed by atoms with E-state index in [4.69, 9.17) is 5.73 Å². The van der Waals surface area contributed by atoms with Crippen LogP contribution in [-0.4, -0.2) is 22.7 Å². The Hall–Kier alpha value is -1.29. The molecule has 4 heteroatoms. The number of aryl methyl sites for hydroxylation is 1. The van der Waals surface area contributed by atoms with Crippen LogP contribution in [0.1, 0.15) is 31.2 Å². The van der Waals surface area contributed by atoms with Crippen LogP contribution in [-0.2, 0) is 0 Å². The zero-order valence-corrected chi connectivity index (χ0v) is 10.3. The van der Waals surface area contributed by atoms with Gasteiger partial charge in [-0.05, 0) is 31.4 Å². The number of anilines is 2. The highest BCUT2D eigenvalue weighted by atomic mass is 16.3. The van der Waals surface area contributed by atoms with Gasteiger partial charge in [-0.25, -0.2) is 4.98 Å². The largest absolute Gasteiger partial charge is 0.397 e. The van der Waals surface area contributed by atoms with Crippen molar-refractivity contribution in [2.75, 3.05) is 17.6 Å². The first-order valence-electron chi connectivity index (χ1n) is 6.31. The van der Waals surface area contributed by atoms with E-state index in [1.165, 1.54) is 6.42 Å². The molecule has 94 valence electrons. The number of hydrogen-bond acceptors (Lipinski definition) is 4. The monoisotopic (exact) mass is 235 g/mol. The molecule has 4 N–H and O–H groups in total. The molecule has 1 heterocycles. The number of nitrogens with two attached hydrogens (primary N) is 1. The number of aromatic nitrogens is 1. The second-order valence-corrected chi connectivity index (χ2v) is 4.92. The molecule has 1 aliphatic rings. The molecule has 0 aromatic carbocycles. The zero-order valence-electron chi connectivity index (χ0n) is 10.3. The average molecular weight is 235 g/mol. The molecule has 1 aliphatic carbocycles. The lowest BCUT2D eigenvalue weighted by atomic mass is 9.86. The molecule has 2 atom stereocenters. The van der Waals surface area contributed by atoms with Gasteiger partial charge in [0.15, 0.2) is 0 Å². The third-order valence-corrected chi connectivity index (χ3v) is 3.57. The third kappa shape index (κ3) is 3.09. The van der Waals surface area contributed by atoms with Crippen molar-refractivity contribution in [1.82, 2.24) is 4.98 Å². The van der Waals surface area contributed by atoms with Crippen molar-refractivity contribution in [3.63, 3.8) is 0 Å². The van der Waals surface area contributed by atoms with Gasteiger partial charge in [-0.2, -0.15) is 0 Å². The number of hydrogen-bond donors (Lipinski definition) is 3. The van der Waals surface area contributed by atoms with Crippen molar-refractivity contribution in [3.8, 4) is 0 Å². The quantitative estimate of drug-likeness (QED) is 0.748. The molecular weight excluding hydrogens is 214 g/mol. The fourth-order valence-corrected chi connectivity index (χ4v) is 2.33. The Morgan fingerprint density at radius 1 is 1.47 bits per heavy atom. The SMILES string of the molecule is Cc1cc(NCC2CCCCC2O)ncc1N. The molecule has 2 rings (SSSR count). The third-order valence-electron chi connectivity index (χ3n) is 3.57.